The summed E-state index contributed by atoms with van der Waals surface area (Å²) in [7, 11) is 0. The quantitative estimate of drug-likeness (QED) is 0.0268. The molecule has 8 rings (SSSR count). The molecule has 0 radical (unpaired) electrons. The van der Waals surface area contributed by atoms with E-state index in [-0.39, 0.29) is 75.7 Å². The van der Waals surface area contributed by atoms with Gasteiger partial charge in [0.1, 0.15) is 30.8 Å². The number of aryl methyl sites for hydroxylation is 1. The Morgan fingerprint density at radius 1 is 0.810 bits per heavy atom. The van der Waals surface area contributed by atoms with Crippen molar-refractivity contribution in [1.29, 1.82) is 0 Å². The van der Waals surface area contributed by atoms with Crippen LogP contribution < -0.4 is 27.0 Å². The lowest BCUT2D eigenvalue weighted by molar-refractivity contribution is -0.137. The number of fused-ring (bicyclic) bond motifs is 1. The van der Waals surface area contributed by atoms with Crippen molar-refractivity contribution in [3.05, 3.63) is 151 Å². The molecule has 5 aromatic heterocycles. The lowest BCUT2D eigenvalue weighted by Gasteiger charge is -2.25. The molecule has 0 aliphatic carbocycles. The topological polar surface area (TPSA) is 294 Å². The van der Waals surface area contributed by atoms with Crippen LogP contribution in [0.3, 0.4) is 0 Å². The minimum atomic E-state index is -1.08. The first kappa shape index (κ1) is 55.6. The van der Waals surface area contributed by atoms with Crippen LogP contribution in [-0.2, 0) is 48.4 Å². The number of nitrogens with one attached hydrogen (secondary N) is 5. The van der Waals surface area contributed by atoms with Gasteiger partial charge in [-0.2, -0.15) is 5.10 Å². The number of hydrogen-bond acceptors (Lipinski definition) is 13. The Kier molecular flexibility index (Phi) is 18.6. The standard InChI is InChI=1S/C57H62N14O8/c1-36(2)51(68-48(72)18-5-4-8-29-70-49(73)25-26-50(70)74)55(76)65-45(17-11-28-60-56(58)77)54(75)64-42-22-19-38(20-23-42)34-79-57(78)69(31-40-13-6-7-15-43(40)39-14-10-27-59-30-39)33-46-66-52(41-21-24-47-61-35-62-71(47)32-41)53(67-46)44-16-9-12-37(3)63-44/h6-7,9-10,12-16,19-27,30,32,35-36,45,51H,4-5,8,11,17-18,28-29,31,33-34H2,1-3H3,(H,64,75)(H,65,76)(H,66,67)(H,68,72)(H3,58,60,77). The molecule has 0 saturated carbocycles. The molecule has 1 aliphatic heterocycles. The molecular weight excluding hydrogens is 1010 g/mol. The smallest absolute Gasteiger partial charge is 0.410 e. The summed E-state index contributed by atoms with van der Waals surface area (Å²) in [6, 6.07) is 25.0. The predicted octanol–water partition coefficient (Wildman–Crippen LogP) is 6.39. The predicted molar refractivity (Wildman–Crippen MR) is 293 cm³/mol. The number of imidazole rings is 1. The molecule has 0 saturated heterocycles. The fourth-order valence-corrected chi connectivity index (χ4v) is 8.93. The first-order valence-corrected chi connectivity index (χ1v) is 26.0. The number of aromatic nitrogens is 7. The van der Waals surface area contributed by atoms with E-state index in [1.54, 1.807) is 59.9 Å². The third-order valence-corrected chi connectivity index (χ3v) is 13.0. The molecule has 0 bridgehead atoms. The number of hydrogen-bond donors (Lipinski definition) is 6. The van der Waals surface area contributed by atoms with Crippen molar-refractivity contribution in [3.63, 3.8) is 0 Å². The van der Waals surface area contributed by atoms with Gasteiger partial charge < -0.3 is 36.7 Å². The molecule has 22 heteroatoms. The fraction of sp³-hybridized carbons (Fsp3) is 0.298. The molecule has 408 valence electrons. The number of aromatic amines is 1. The number of nitrogens with two attached hydrogens (primary N) is 1. The van der Waals surface area contributed by atoms with Gasteiger partial charge in [0, 0.05) is 72.8 Å². The number of unbranched alkanes of at least 4 members (excludes halogenated alkanes) is 2. The van der Waals surface area contributed by atoms with E-state index >= 15 is 0 Å². The molecule has 8 amide bonds. The third-order valence-electron chi connectivity index (χ3n) is 13.0. The van der Waals surface area contributed by atoms with Gasteiger partial charge in [0.25, 0.3) is 11.8 Å². The largest absolute Gasteiger partial charge is 0.445 e. The summed E-state index contributed by atoms with van der Waals surface area (Å²) in [6.45, 7) is 5.88. The van der Waals surface area contributed by atoms with Crippen LogP contribution in [0.25, 0.3) is 39.4 Å². The summed E-state index contributed by atoms with van der Waals surface area (Å²) in [5.74, 6) is -2.08. The number of rotatable bonds is 25. The van der Waals surface area contributed by atoms with E-state index in [1.165, 1.54) is 18.5 Å². The van der Waals surface area contributed by atoms with Crippen LogP contribution in [0, 0.1) is 12.8 Å². The Labute approximate surface area is 455 Å². The lowest BCUT2D eigenvalue weighted by atomic mass is 10.0. The minimum Gasteiger partial charge on any atom is -0.445 e. The zero-order chi connectivity index (χ0) is 55.8. The molecule has 1 aliphatic rings. The van der Waals surface area contributed by atoms with E-state index in [0.29, 0.717) is 59.1 Å². The van der Waals surface area contributed by atoms with Gasteiger partial charge >= 0.3 is 12.1 Å². The van der Waals surface area contributed by atoms with Crippen molar-refractivity contribution in [2.24, 2.45) is 11.7 Å². The van der Waals surface area contributed by atoms with Crippen LogP contribution in [0.2, 0.25) is 0 Å². The maximum Gasteiger partial charge on any atom is 0.410 e. The monoisotopic (exact) mass is 1070 g/mol. The highest BCUT2D eigenvalue weighted by Gasteiger charge is 2.30. The Morgan fingerprint density at radius 3 is 2.35 bits per heavy atom. The van der Waals surface area contributed by atoms with Crippen molar-refractivity contribution >= 4 is 53.0 Å². The maximum atomic E-state index is 14.4. The van der Waals surface area contributed by atoms with Gasteiger partial charge in [-0.15, -0.1) is 0 Å². The zero-order valence-corrected chi connectivity index (χ0v) is 44.1. The SMILES string of the molecule is Cc1cccc(-c2[nH]c(CN(Cc3ccccc3-c3cccnc3)C(=O)OCc3ccc(NC(=O)C(CCCNC(N)=O)NC(=O)C(NC(=O)CCCCCN4C(=O)C=CC4=O)C(C)C)cc3)nc2-c2ccc3ncnn3c2)n1. The highest BCUT2D eigenvalue weighted by molar-refractivity contribution is 6.12. The van der Waals surface area contributed by atoms with Crippen molar-refractivity contribution in [1.82, 2.24) is 60.3 Å². The van der Waals surface area contributed by atoms with Crippen LogP contribution in [0.4, 0.5) is 15.3 Å². The second-order valence-corrected chi connectivity index (χ2v) is 19.3. The normalized spacial score (nSPS) is 12.8. The van der Waals surface area contributed by atoms with Gasteiger partial charge in [0.2, 0.25) is 17.7 Å². The van der Waals surface area contributed by atoms with Crippen LogP contribution in [0.5, 0.6) is 0 Å². The zero-order valence-electron chi connectivity index (χ0n) is 44.1. The van der Waals surface area contributed by atoms with Gasteiger partial charge in [0.15, 0.2) is 5.65 Å². The van der Waals surface area contributed by atoms with E-state index in [4.69, 9.17) is 20.4 Å². The van der Waals surface area contributed by atoms with Crippen LogP contribution in [-0.4, -0.2) is 111 Å². The third kappa shape index (κ3) is 15.1. The summed E-state index contributed by atoms with van der Waals surface area (Å²) in [5, 5.41) is 15.2. The number of benzene rings is 2. The number of amides is 8. The summed E-state index contributed by atoms with van der Waals surface area (Å²) < 4.78 is 7.68. The molecule has 2 unspecified atom stereocenters. The second-order valence-electron chi connectivity index (χ2n) is 19.3. The summed E-state index contributed by atoms with van der Waals surface area (Å²) in [6.07, 6.45) is 10.7. The molecular formula is C57H62N14O8. The number of nitrogens with zero attached hydrogens (tertiary/aromatic N) is 8. The Bertz CT molecular complexity index is 3320. The Balaban J connectivity index is 0.939. The lowest BCUT2D eigenvalue weighted by Crippen LogP contribution is -2.54. The van der Waals surface area contributed by atoms with Crippen molar-refractivity contribution in [2.45, 2.75) is 91.1 Å². The van der Waals surface area contributed by atoms with E-state index in [9.17, 15) is 33.6 Å². The fourth-order valence-electron chi connectivity index (χ4n) is 8.93. The molecule has 22 nitrogen and oxygen atoms in total. The van der Waals surface area contributed by atoms with Crippen LogP contribution in [0.1, 0.15) is 75.0 Å². The number of imide groups is 1. The van der Waals surface area contributed by atoms with Gasteiger partial charge in [-0.3, -0.25) is 43.7 Å². The van der Waals surface area contributed by atoms with Crippen molar-refractivity contribution in [2.75, 3.05) is 18.4 Å². The molecule has 79 heavy (non-hydrogen) atoms. The average Bonchev–Trinajstić information content (AvgIpc) is 4.34. The van der Waals surface area contributed by atoms with Gasteiger partial charge in [-0.05, 0) is 97.7 Å². The number of carbonyl (C=O) groups is 7. The van der Waals surface area contributed by atoms with Gasteiger partial charge in [-0.1, -0.05) is 68.8 Å². The van der Waals surface area contributed by atoms with Crippen LogP contribution >= 0.6 is 0 Å². The Hall–Kier alpha value is -9.60. The van der Waals surface area contributed by atoms with E-state index in [0.717, 1.165) is 32.8 Å². The van der Waals surface area contributed by atoms with E-state index in [2.05, 4.69) is 41.3 Å². The first-order chi connectivity index (χ1) is 38.2. The van der Waals surface area contributed by atoms with Gasteiger partial charge in [-0.25, -0.2) is 24.1 Å². The number of anilines is 1. The van der Waals surface area contributed by atoms with Gasteiger partial charge in [0.05, 0.1) is 30.2 Å². The number of ether oxygens (including phenoxy) is 1. The van der Waals surface area contributed by atoms with Crippen molar-refractivity contribution in [3.8, 4) is 33.8 Å². The molecule has 2 aromatic carbocycles. The molecule has 7 aromatic rings. The highest BCUT2D eigenvalue weighted by atomic mass is 16.6. The number of pyridine rings is 3. The molecule has 7 N–H and O–H groups in total. The number of urea groups is 1. The van der Waals surface area contributed by atoms with E-state index in [1.807, 2.05) is 79.9 Å². The molecule has 0 spiro atoms. The number of carbonyl (C=O) groups excluding carboxylic acids is 7. The second kappa shape index (κ2) is 26.4. The molecule has 2 atom stereocenters. The van der Waals surface area contributed by atoms with Crippen molar-refractivity contribution < 1.29 is 38.3 Å². The summed E-state index contributed by atoms with van der Waals surface area (Å²) in [4.78, 5) is 115. The Morgan fingerprint density at radius 2 is 1.61 bits per heavy atom. The number of primary amides is 1. The number of H-pyrrole nitrogens is 1. The van der Waals surface area contributed by atoms with Crippen LogP contribution in [0.15, 0.2) is 128 Å². The average molecular weight is 1070 g/mol. The molecule has 6 heterocycles. The highest BCUT2D eigenvalue weighted by Crippen LogP contribution is 2.31. The summed E-state index contributed by atoms with van der Waals surface area (Å²) >= 11 is 0. The maximum absolute atomic E-state index is 14.4. The first-order valence-electron chi connectivity index (χ1n) is 26.0. The minimum absolute atomic E-state index is 0.0171. The summed E-state index contributed by atoms with van der Waals surface area (Å²) in [5.41, 5.74) is 13.0. The molecule has 0 fully saturated rings. The van der Waals surface area contributed by atoms with E-state index < -0.39 is 36.0 Å².